The van der Waals surface area contributed by atoms with E-state index in [1.165, 1.54) is 5.56 Å². The quantitative estimate of drug-likeness (QED) is 0.933. The summed E-state index contributed by atoms with van der Waals surface area (Å²) < 4.78 is 5.56. The fraction of sp³-hybridized carbons (Fsp3) is 0.688. The Labute approximate surface area is 129 Å². The smallest absolute Gasteiger partial charge is 0.244 e. The van der Waals surface area contributed by atoms with Gasteiger partial charge in [-0.25, -0.2) is 0 Å². The zero-order valence-electron chi connectivity index (χ0n) is 12.8. The lowest BCUT2D eigenvalue weighted by Crippen LogP contribution is -2.63. The Morgan fingerprint density at radius 3 is 2.71 bits per heavy atom. The number of methoxy groups -OCH3 is 1. The van der Waals surface area contributed by atoms with E-state index < -0.39 is 0 Å². The SMILES string of the molecule is COC1CC(N2C(=O)C3(CC3)NC2c2ccsc2)C1(C)C. The Balaban J connectivity index is 1.67. The molecule has 2 saturated carbocycles. The molecule has 0 bridgehead atoms. The Kier molecular flexibility index (Phi) is 2.82. The molecule has 114 valence electrons. The summed E-state index contributed by atoms with van der Waals surface area (Å²) in [7, 11) is 1.77. The minimum absolute atomic E-state index is 0.0147. The highest BCUT2D eigenvalue weighted by Gasteiger charge is 2.64. The van der Waals surface area contributed by atoms with E-state index in [1.807, 2.05) is 0 Å². The molecule has 3 atom stereocenters. The molecule has 4 rings (SSSR count). The van der Waals surface area contributed by atoms with Gasteiger partial charge in [0, 0.05) is 18.6 Å². The number of ether oxygens (including phenoxy) is 1. The van der Waals surface area contributed by atoms with Crippen LogP contribution in [-0.4, -0.2) is 35.6 Å². The van der Waals surface area contributed by atoms with Gasteiger partial charge in [-0.05, 0) is 41.7 Å². The molecule has 1 saturated heterocycles. The third kappa shape index (κ3) is 1.77. The zero-order chi connectivity index (χ0) is 14.8. The highest BCUT2D eigenvalue weighted by Crippen LogP contribution is 2.53. The van der Waals surface area contributed by atoms with Gasteiger partial charge in [-0.1, -0.05) is 13.8 Å². The molecule has 1 aromatic heterocycles. The molecule has 1 spiro atoms. The van der Waals surface area contributed by atoms with Crippen molar-refractivity contribution in [3.05, 3.63) is 22.4 Å². The van der Waals surface area contributed by atoms with Crippen molar-refractivity contribution in [2.45, 2.75) is 57.0 Å². The van der Waals surface area contributed by atoms with E-state index >= 15 is 0 Å². The maximum Gasteiger partial charge on any atom is 0.244 e. The van der Waals surface area contributed by atoms with Crippen molar-refractivity contribution >= 4 is 17.2 Å². The topological polar surface area (TPSA) is 41.6 Å². The molecule has 1 aliphatic heterocycles. The lowest BCUT2D eigenvalue weighted by molar-refractivity contribution is -0.163. The minimum atomic E-state index is -0.263. The van der Waals surface area contributed by atoms with Gasteiger partial charge in [0.05, 0.1) is 6.10 Å². The van der Waals surface area contributed by atoms with Crippen molar-refractivity contribution in [1.82, 2.24) is 10.2 Å². The van der Waals surface area contributed by atoms with Crippen LogP contribution in [0.1, 0.15) is 44.8 Å². The van der Waals surface area contributed by atoms with Crippen molar-refractivity contribution in [2.75, 3.05) is 7.11 Å². The van der Waals surface area contributed by atoms with E-state index in [1.54, 1.807) is 18.4 Å². The summed E-state index contributed by atoms with van der Waals surface area (Å²) in [6.07, 6.45) is 3.17. The van der Waals surface area contributed by atoms with E-state index in [9.17, 15) is 4.79 Å². The maximum atomic E-state index is 12.9. The van der Waals surface area contributed by atoms with Crippen LogP contribution in [0.15, 0.2) is 16.8 Å². The van der Waals surface area contributed by atoms with Gasteiger partial charge in [-0.15, -0.1) is 0 Å². The predicted molar refractivity (Wildman–Crippen MR) is 82.0 cm³/mol. The Morgan fingerprint density at radius 1 is 1.43 bits per heavy atom. The maximum absolute atomic E-state index is 12.9. The summed E-state index contributed by atoms with van der Waals surface area (Å²) >= 11 is 1.69. The molecule has 1 N–H and O–H groups in total. The standard InChI is InChI=1S/C16H22N2O2S/c1-15(2)11(8-12(15)20-3)18-13(10-4-7-21-9-10)17-16(5-6-16)14(18)19/h4,7,9,11-13,17H,5-6,8H2,1-3H3. The van der Waals surface area contributed by atoms with Crippen LogP contribution < -0.4 is 5.32 Å². The average Bonchev–Trinajstić information content (AvgIpc) is 2.93. The lowest BCUT2D eigenvalue weighted by Gasteiger charge is -2.55. The molecule has 3 unspecified atom stereocenters. The minimum Gasteiger partial charge on any atom is -0.381 e. The summed E-state index contributed by atoms with van der Waals surface area (Å²) in [5.74, 6) is 0.298. The largest absolute Gasteiger partial charge is 0.381 e. The second kappa shape index (κ2) is 4.31. The van der Waals surface area contributed by atoms with E-state index in [0.29, 0.717) is 5.91 Å². The van der Waals surface area contributed by atoms with Crippen LogP contribution in [0, 0.1) is 5.41 Å². The molecule has 5 heteroatoms. The molecular formula is C16H22N2O2S. The fourth-order valence-electron chi connectivity index (χ4n) is 3.97. The van der Waals surface area contributed by atoms with Crippen molar-refractivity contribution in [3.63, 3.8) is 0 Å². The van der Waals surface area contributed by atoms with Crippen molar-refractivity contribution in [1.29, 1.82) is 0 Å². The highest BCUT2D eigenvalue weighted by molar-refractivity contribution is 7.08. The molecule has 2 aliphatic carbocycles. The monoisotopic (exact) mass is 306 g/mol. The first-order chi connectivity index (χ1) is 9.99. The van der Waals surface area contributed by atoms with Gasteiger partial charge in [0.2, 0.25) is 5.91 Å². The number of thiophene rings is 1. The molecule has 0 radical (unpaired) electrons. The van der Waals surface area contributed by atoms with Crippen molar-refractivity contribution in [3.8, 4) is 0 Å². The van der Waals surface area contributed by atoms with E-state index in [4.69, 9.17) is 4.74 Å². The van der Waals surface area contributed by atoms with E-state index in [2.05, 4.69) is 40.9 Å². The van der Waals surface area contributed by atoms with Gasteiger partial charge in [0.1, 0.15) is 11.7 Å². The number of rotatable bonds is 3. The van der Waals surface area contributed by atoms with Crippen LogP contribution in [-0.2, 0) is 9.53 Å². The first kappa shape index (κ1) is 13.7. The molecule has 21 heavy (non-hydrogen) atoms. The fourth-order valence-corrected chi connectivity index (χ4v) is 4.65. The average molecular weight is 306 g/mol. The predicted octanol–water partition coefficient (Wildman–Crippen LogP) is 2.52. The first-order valence-corrected chi connectivity index (χ1v) is 8.59. The van der Waals surface area contributed by atoms with Gasteiger partial charge >= 0.3 is 0 Å². The lowest BCUT2D eigenvalue weighted by atomic mass is 9.63. The van der Waals surface area contributed by atoms with Crippen LogP contribution in [0.3, 0.4) is 0 Å². The van der Waals surface area contributed by atoms with Gasteiger partial charge in [0.15, 0.2) is 0 Å². The summed E-state index contributed by atoms with van der Waals surface area (Å²) in [4.78, 5) is 15.1. The van der Waals surface area contributed by atoms with Crippen molar-refractivity contribution in [2.24, 2.45) is 5.41 Å². The molecule has 3 aliphatic rings. The molecule has 2 heterocycles. The van der Waals surface area contributed by atoms with E-state index in [0.717, 1.165) is 19.3 Å². The molecule has 4 nitrogen and oxygen atoms in total. The second-order valence-corrected chi connectivity index (χ2v) is 7.98. The van der Waals surface area contributed by atoms with Crippen LogP contribution in [0.25, 0.3) is 0 Å². The number of carbonyl (C=O) groups is 1. The van der Waals surface area contributed by atoms with Gasteiger partial charge < -0.3 is 9.64 Å². The summed E-state index contributed by atoms with van der Waals surface area (Å²) in [5, 5.41) is 7.84. The normalized spacial score (nSPS) is 36.0. The van der Waals surface area contributed by atoms with Crippen LogP contribution in [0.4, 0.5) is 0 Å². The molecule has 3 fully saturated rings. The van der Waals surface area contributed by atoms with E-state index in [-0.39, 0.29) is 29.3 Å². The van der Waals surface area contributed by atoms with Gasteiger partial charge in [0.25, 0.3) is 0 Å². The Morgan fingerprint density at radius 2 is 2.19 bits per heavy atom. The van der Waals surface area contributed by atoms with Gasteiger partial charge in [-0.2, -0.15) is 11.3 Å². The number of nitrogens with zero attached hydrogens (tertiary/aromatic N) is 1. The zero-order valence-corrected chi connectivity index (χ0v) is 13.6. The summed E-state index contributed by atoms with van der Waals surface area (Å²) in [5.41, 5.74) is 0.968. The number of carbonyl (C=O) groups excluding carboxylic acids is 1. The number of nitrogens with one attached hydrogen (secondary N) is 1. The molecule has 1 amide bonds. The molecule has 0 aromatic carbocycles. The molecule has 1 aromatic rings. The third-order valence-corrected chi connectivity index (χ3v) is 6.39. The summed E-state index contributed by atoms with van der Waals surface area (Å²) in [6, 6.07) is 2.39. The number of amides is 1. The number of hydrogen-bond acceptors (Lipinski definition) is 4. The Hall–Kier alpha value is -0.910. The third-order valence-electron chi connectivity index (χ3n) is 5.69. The van der Waals surface area contributed by atoms with Gasteiger partial charge in [-0.3, -0.25) is 10.1 Å². The van der Waals surface area contributed by atoms with Crippen molar-refractivity contribution < 1.29 is 9.53 Å². The van der Waals surface area contributed by atoms with Crippen LogP contribution in [0.5, 0.6) is 0 Å². The van der Waals surface area contributed by atoms with Crippen LogP contribution >= 0.6 is 11.3 Å². The van der Waals surface area contributed by atoms with Crippen LogP contribution in [0.2, 0.25) is 0 Å². The second-order valence-electron chi connectivity index (χ2n) is 7.20. The highest BCUT2D eigenvalue weighted by atomic mass is 32.1. The Bertz CT molecular complexity index is 565. The summed E-state index contributed by atoms with van der Waals surface area (Å²) in [6.45, 7) is 4.43. The molecular weight excluding hydrogens is 284 g/mol. The number of hydrogen-bond donors (Lipinski definition) is 1. The first-order valence-electron chi connectivity index (χ1n) is 7.65.